The predicted molar refractivity (Wildman–Crippen MR) is 59.9 cm³/mol. The van der Waals surface area contributed by atoms with Gasteiger partial charge in [-0.25, -0.2) is 8.78 Å². The lowest BCUT2D eigenvalue weighted by Crippen LogP contribution is -2.49. The van der Waals surface area contributed by atoms with E-state index in [0.717, 1.165) is 25.7 Å². The lowest BCUT2D eigenvalue weighted by molar-refractivity contribution is -0.124. The number of amides is 1. The maximum absolute atomic E-state index is 12.7. The normalized spacial score (nSPS) is 19.3. The highest BCUT2D eigenvalue weighted by molar-refractivity contribution is 5.81. The molecular weight excluding hydrogens is 230 g/mol. The van der Waals surface area contributed by atoms with Crippen LogP contribution < -0.4 is 10.6 Å². The predicted octanol–water partition coefficient (Wildman–Crippen LogP) is 0.651. The molecule has 0 aromatic carbocycles. The summed E-state index contributed by atoms with van der Waals surface area (Å²) in [7, 11) is 0. The molecule has 0 saturated heterocycles. The van der Waals surface area contributed by atoms with Gasteiger partial charge in [-0.1, -0.05) is 12.8 Å². The quantitative estimate of drug-likeness (QED) is 0.648. The first kappa shape index (κ1) is 14.3. The number of carbonyl (C=O) groups excluding carboxylic acids is 1. The van der Waals surface area contributed by atoms with Crippen LogP contribution >= 0.6 is 0 Å². The minimum absolute atomic E-state index is 0.185. The molecule has 6 heteroatoms. The van der Waals surface area contributed by atoms with Gasteiger partial charge < -0.3 is 15.7 Å². The van der Waals surface area contributed by atoms with Crippen LogP contribution in [0.1, 0.15) is 32.6 Å². The zero-order chi connectivity index (χ0) is 12.9. The molecule has 0 aromatic rings. The SMILES string of the molecule is CC(NCC(F)(F)CO)C(=O)NC1CCCC1. The van der Waals surface area contributed by atoms with Crippen LogP contribution in [-0.4, -0.2) is 42.2 Å². The van der Waals surface area contributed by atoms with Gasteiger partial charge in [0.2, 0.25) is 5.91 Å². The summed E-state index contributed by atoms with van der Waals surface area (Å²) >= 11 is 0. The molecule has 3 N–H and O–H groups in total. The van der Waals surface area contributed by atoms with E-state index in [1.54, 1.807) is 0 Å². The van der Waals surface area contributed by atoms with Crippen LogP contribution in [0.4, 0.5) is 8.78 Å². The van der Waals surface area contributed by atoms with Crippen molar-refractivity contribution in [3.63, 3.8) is 0 Å². The summed E-state index contributed by atoms with van der Waals surface area (Å²) in [5, 5.41) is 13.6. The monoisotopic (exact) mass is 250 g/mol. The molecule has 100 valence electrons. The number of halogens is 2. The maximum atomic E-state index is 12.7. The fourth-order valence-electron chi connectivity index (χ4n) is 1.85. The fourth-order valence-corrected chi connectivity index (χ4v) is 1.85. The average molecular weight is 250 g/mol. The topological polar surface area (TPSA) is 61.4 Å². The molecule has 17 heavy (non-hydrogen) atoms. The highest BCUT2D eigenvalue weighted by atomic mass is 19.3. The van der Waals surface area contributed by atoms with E-state index in [1.807, 2.05) is 0 Å². The summed E-state index contributed by atoms with van der Waals surface area (Å²) in [4.78, 5) is 11.6. The molecule has 1 amide bonds. The first-order valence-electron chi connectivity index (χ1n) is 5.97. The minimum Gasteiger partial charge on any atom is -0.390 e. The van der Waals surface area contributed by atoms with Gasteiger partial charge in [-0.3, -0.25) is 4.79 Å². The maximum Gasteiger partial charge on any atom is 0.282 e. The molecule has 1 aliphatic rings. The van der Waals surface area contributed by atoms with Gasteiger partial charge in [0.05, 0.1) is 12.6 Å². The number of hydrogen-bond acceptors (Lipinski definition) is 3. The van der Waals surface area contributed by atoms with Gasteiger partial charge in [0.1, 0.15) is 6.61 Å². The van der Waals surface area contributed by atoms with E-state index < -0.39 is 25.1 Å². The van der Waals surface area contributed by atoms with Crippen molar-refractivity contribution in [3.05, 3.63) is 0 Å². The van der Waals surface area contributed by atoms with Gasteiger partial charge in [0.25, 0.3) is 5.92 Å². The van der Waals surface area contributed by atoms with E-state index in [1.165, 1.54) is 6.92 Å². The van der Waals surface area contributed by atoms with Crippen molar-refractivity contribution in [2.75, 3.05) is 13.2 Å². The number of nitrogens with one attached hydrogen (secondary N) is 2. The van der Waals surface area contributed by atoms with Crippen molar-refractivity contribution in [2.45, 2.75) is 50.6 Å². The molecule has 1 rings (SSSR count). The van der Waals surface area contributed by atoms with Crippen LogP contribution in [-0.2, 0) is 4.79 Å². The lowest BCUT2D eigenvalue weighted by atomic mass is 10.2. The zero-order valence-electron chi connectivity index (χ0n) is 10.0. The second-order valence-electron chi connectivity index (χ2n) is 4.61. The second kappa shape index (κ2) is 6.26. The van der Waals surface area contributed by atoms with E-state index >= 15 is 0 Å². The van der Waals surface area contributed by atoms with Crippen LogP contribution in [0.15, 0.2) is 0 Å². The number of aliphatic hydroxyl groups is 1. The highest BCUT2D eigenvalue weighted by Gasteiger charge is 2.29. The zero-order valence-corrected chi connectivity index (χ0v) is 10.0. The number of carbonyl (C=O) groups is 1. The molecule has 1 saturated carbocycles. The highest BCUT2D eigenvalue weighted by Crippen LogP contribution is 2.17. The fraction of sp³-hybridized carbons (Fsp3) is 0.909. The van der Waals surface area contributed by atoms with Crippen molar-refractivity contribution >= 4 is 5.91 Å². The lowest BCUT2D eigenvalue weighted by Gasteiger charge is -2.20. The summed E-state index contributed by atoms with van der Waals surface area (Å²) in [6.45, 7) is -0.364. The second-order valence-corrected chi connectivity index (χ2v) is 4.61. The van der Waals surface area contributed by atoms with Gasteiger partial charge >= 0.3 is 0 Å². The number of alkyl halides is 2. The van der Waals surface area contributed by atoms with Gasteiger partial charge in [-0.2, -0.15) is 0 Å². The summed E-state index contributed by atoms with van der Waals surface area (Å²) in [5.41, 5.74) is 0. The van der Waals surface area contributed by atoms with Crippen LogP contribution in [0, 0.1) is 0 Å². The van der Waals surface area contributed by atoms with E-state index in [-0.39, 0.29) is 11.9 Å². The molecule has 4 nitrogen and oxygen atoms in total. The number of hydrogen-bond donors (Lipinski definition) is 3. The van der Waals surface area contributed by atoms with Crippen molar-refractivity contribution < 1.29 is 18.7 Å². The Labute approximate surface area is 99.8 Å². The number of aliphatic hydroxyl groups excluding tert-OH is 1. The Bertz CT molecular complexity index is 256. The Morgan fingerprint density at radius 2 is 2.06 bits per heavy atom. The Kier molecular flexibility index (Phi) is 5.27. The first-order valence-corrected chi connectivity index (χ1v) is 5.97. The average Bonchev–Trinajstić information content (AvgIpc) is 2.78. The summed E-state index contributed by atoms with van der Waals surface area (Å²) in [6.07, 6.45) is 4.14. The largest absolute Gasteiger partial charge is 0.390 e. The van der Waals surface area contributed by atoms with E-state index in [0.29, 0.717) is 0 Å². The molecule has 0 spiro atoms. The molecule has 1 fully saturated rings. The summed E-state index contributed by atoms with van der Waals surface area (Å²) < 4.78 is 25.5. The molecule has 1 atom stereocenters. The third-order valence-electron chi connectivity index (χ3n) is 2.99. The Morgan fingerprint density at radius 1 is 1.47 bits per heavy atom. The molecule has 1 aliphatic carbocycles. The van der Waals surface area contributed by atoms with Gasteiger partial charge in [0.15, 0.2) is 0 Å². The molecular formula is C11H20F2N2O2. The van der Waals surface area contributed by atoms with Gasteiger partial charge in [0, 0.05) is 6.04 Å². The van der Waals surface area contributed by atoms with Crippen molar-refractivity contribution in [3.8, 4) is 0 Å². The molecule has 1 unspecified atom stereocenters. The van der Waals surface area contributed by atoms with E-state index in [4.69, 9.17) is 5.11 Å². The molecule has 0 aliphatic heterocycles. The Hall–Kier alpha value is -0.750. The van der Waals surface area contributed by atoms with Crippen LogP contribution in [0.25, 0.3) is 0 Å². The standard InChI is InChI=1S/C11H20F2N2O2/c1-8(14-6-11(12,13)7-16)10(17)15-9-4-2-3-5-9/h8-9,14,16H,2-7H2,1H3,(H,15,17). The Morgan fingerprint density at radius 3 is 2.59 bits per heavy atom. The Balaban J connectivity index is 2.26. The van der Waals surface area contributed by atoms with E-state index in [9.17, 15) is 13.6 Å². The van der Waals surface area contributed by atoms with Gasteiger partial charge in [-0.15, -0.1) is 0 Å². The van der Waals surface area contributed by atoms with Gasteiger partial charge in [-0.05, 0) is 19.8 Å². The minimum atomic E-state index is -3.18. The van der Waals surface area contributed by atoms with Crippen LogP contribution in [0.5, 0.6) is 0 Å². The van der Waals surface area contributed by atoms with Crippen molar-refractivity contribution in [1.29, 1.82) is 0 Å². The smallest absolute Gasteiger partial charge is 0.282 e. The van der Waals surface area contributed by atoms with Crippen LogP contribution in [0.3, 0.4) is 0 Å². The van der Waals surface area contributed by atoms with E-state index in [2.05, 4.69) is 10.6 Å². The summed E-state index contributed by atoms with van der Waals surface area (Å²) in [6, 6.07) is -0.488. The summed E-state index contributed by atoms with van der Waals surface area (Å²) in [5.74, 6) is -3.44. The van der Waals surface area contributed by atoms with Crippen LogP contribution in [0.2, 0.25) is 0 Å². The first-order chi connectivity index (χ1) is 7.94. The third kappa shape index (κ3) is 4.95. The molecule has 0 bridgehead atoms. The van der Waals surface area contributed by atoms with Crippen molar-refractivity contribution in [2.24, 2.45) is 0 Å². The number of rotatable bonds is 6. The molecule has 0 heterocycles. The van der Waals surface area contributed by atoms with Crippen molar-refractivity contribution in [1.82, 2.24) is 10.6 Å². The molecule has 0 radical (unpaired) electrons. The third-order valence-corrected chi connectivity index (χ3v) is 2.99. The molecule has 0 aromatic heterocycles.